The molecule has 1 amide bonds. The van der Waals surface area contributed by atoms with Gasteiger partial charge in [-0.05, 0) is 22.1 Å². The molecule has 1 atom stereocenters. The van der Waals surface area contributed by atoms with Crippen molar-refractivity contribution in [2.45, 2.75) is 12.8 Å². The molecule has 1 aliphatic rings. The fourth-order valence-electron chi connectivity index (χ4n) is 0.938. The highest BCUT2D eigenvalue weighted by Crippen LogP contribution is 2.10. The fourth-order valence-corrected chi connectivity index (χ4v) is 1.20. The largest absolute Gasteiger partial charge is 0.340 e. The molecule has 0 radical (unpaired) electrons. The van der Waals surface area contributed by atoms with Gasteiger partial charge in [-0.15, -0.1) is 0 Å². The summed E-state index contributed by atoms with van der Waals surface area (Å²) in [4.78, 5) is 12.4. The van der Waals surface area contributed by atoms with E-state index in [2.05, 4.69) is 9.24 Å². The summed E-state index contributed by atoms with van der Waals surface area (Å²) in [7, 11) is 2.19. The lowest BCUT2D eigenvalue weighted by molar-refractivity contribution is 0.233. The maximum Gasteiger partial charge on any atom is 0.237 e. The third-order valence-corrected chi connectivity index (χ3v) is 1.78. The summed E-state index contributed by atoms with van der Waals surface area (Å²) in [6.45, 7) is 1.92. The van der Waals surface area contributed by atoms with Gasteiger partial charge >= 0.3 is 0 Å². The van der Waals surface area contributed by atoms with Crippen LogP contribution in [0, 0.1) is 0 Å². The van der Waals surface area contributed by atoms with E-state index in [9.17, 15) is 4.79 Å². The lowest BCUT2D eigenvalue weighted by atomic mass is 10.4. The Bertz CT molecular complexity index is 98.6. The van der Waals surface area contributed by atoms with Crippen LogP contribution in [0.2, 0.25) is 0 Å². The number of hydrogen-bond donors (Lipinski definition) is 0. The van der Waals surface area contributed by atoms with Crippen molar-refractivity contribution in [3.05, 3.63) is 0 Å². The molecule has 0 aromatic carbocycles. The normalized spacial score (nSPS) is 19.4. The van der Waals surface area contributed by atoms with E-state index in [0.29, 0.717) is 0 Å². The number of rotatable bonds is 0. The molecule has 0 aromatic rings. The first kappa shape index (κ1) is 6.03. The van der Waals surface area contributed by atoms with Crippen molar-refractivity contribution in [1.29, 1.82) is 0 Å². The average Bonchev–Trinajstić information content (AvgIpc) is 2.12. The van der Waals surface area contributed by atoms with E-state index in [4.69, 9.17) is 0 Å². The van der Waals surface area contributed by atoms with Crippen LogP contribution in [-0.4, -0.2) is 23.6 Å². The van der Waals surface area contributed by atoms with Gasteiger partial charge in [-0.1, -0.05) is 0 Å². The molecule has 1 heterocycles. The van der Waals surface area contributed by atoms with Crippen LogP contribution in [0.15, 0.2) is 0 Å². The monoisotopic (exact) mass is 131 g/mol. The van der Waals surface area contributed by atoms with Crippen molar-refractivity contribution < 1.29 is 4.79 Å². The van der Waals surface area contributed by atoms with Crippen LogP contribution in [0.5, 0.6) is 0 Å². The van der Waals surface area contributed by atoms with E-state index in [0.717, 1.165) is 13.1 Å². The maximum absolute atomic E-state index is 10.5. The second-order valence-electron chi connectivity index (χ2n) is 2.03. The highest BCUT2D eigenvalue weighted by atomic mass is 31.0. The number of hydrogen-bond acceptors (Lipinski definition) is 1. The Balaban J connectivity index is 2.35. The van der Waals surface area contributed by atoms with E-state index in [1.165, 1.54) is 12.8 Å². The molecule has 1 fully saturated rings. The molecule has 1 aliphatic heterocycles. The van der Waals surface area contributed by atoms with Gasteiger partial charge in [0.1, 0.15) is 0 Å². The van der Waals surface area contributed by atoms with Gasteiger partial charge in [-0.2, -0.15) is 0 Å². The first-order chi connectivity index (χ1) is 3.80. The third kappa shape index (κ3) is 1.19. The lowest BCUT2D eigenvalue weighted by Gasteiger charge is -2.09. The van der Waals surface area contributed by atoms with Crippen LogP contribution in [-0.2, 0) is 0 Å². The molecule has 8 heavy (non-hydrogen) atoms. The number of carbonyl (C=O) groups excluding carboxylic acids is 1. The minimum atomic E-state index is 0.141. The van der Waals surface area contributed by atoms with Crippen molar-refractivity contribution >= 4 is 14.9 Å². The zero-order valence-electron chi connectivity index (χ0n) is 4.76. The van der Waals surface area contributed by atoms with Crippen molar-refractivity contribution in [1.82, 2.24) is 4.90 Å². The number of amides is 1. The zero-order chi connectivity index (χ0) is 5.98. The summed E-state index contributed by atoms with van der Waals surface area (Å²) < 4.78 is 0. The molecule has 1 rings (SSSR count). The van der Waals surface area contributed by atoms with Gasteiger partial charge in [0.2, 0.25) is 5.65 Å². The van der Waals surface area contributed by atoms with Crippen LogP contribution in [0.4, 0.5) is 4.79 Å². The van der Waals surface area contributed by atoms with Crippen LogP contribution in [0.25, 0.3) is 0 Å². The van der Waals surface area contributed by atoms with Gasteiger partial charge in [-0.25, -0.2) is 0 Å². The Morgan fingerprint density at radius 3 is 2.12 bits per heavy atom. The minimum absolute atomic E-state index is 0.141. The second-order valence-corrected chi connectivity index (χ2v) is 2.53. The quantitative estimate of drug-likeness (QED) is 0.450. The van der Waals surface area contributed by atoms with Crippen molar-refractivity contribution in [3.63, 3.8) is 0 Å². The molecule has 1 saturated heterocycles. The molecule has 0 aliphatic carbocycles. The van der Waals surface area contributed by atoms with Crippen LogP contribution in [0.1, 0.15) is 12.8 Å². The number of likely N-dealkylation sites (tertiary alicyclic amines) is 1. The molecular weight excluding hydrogens is 121 g/mol. The van der Waals surface area contributed by atoms with Crippen molar-refractivity contribution in [2.75, 3.05) is 13.1 Å². The van der Waals surface area contributed by atoms with Gasteiger partial charge in [-0.3, -0.25) is 4.79 Å². The summed E-state index contributed by atoms with van der Waals surface area (Å²) in [5.41, 5.74) is 0.141. The van der Waals surface area contributed by atoms with Crippen molar-refractivity contribution in [3.8, 4) is 0 Å². The maximum atomic E-state index is 10.5. The summed E-state index contributed by atoms with van der Waals surface area (Å²) in [5, 5.41) is 0. The molecule has 0 N–H and O–H groups in total. The van der Waals surface area contributed by atoms with Crippen molar-refractivity contribution in [2.24, 2.45) is 0 Å². The standard InChI is InChI=1S/C5H10NOP/c7-5(8)6-3-1-2-4-6/h1-4,8H2. The summed E-state index contributed by atoms with van der Waals surface area (Å²) in [5.74, 6) is 0. The van der Waals surface area contributed by atoms with Crippen LogP contribution >= 0.6 is 9.24 Å². The second kappa shape index (κ2) is 2.45. The topological polar surface area (TPSA) is 20.3 Å². The van der Waals surface area contributed by atoms with Gasteiger partial charge < -0.3 is 4.90 Å². The molecule has 2 nitrogen and oxygen atoms in total. The Labute approximate surface area is 51.4 Å². The molecule has 1 unspecified atom stereocenters. The van der Waals surface area contributed by atoms with Gasteiger partial charge in [0.05, 0.1) is 0 Å². The van der Waals surface area contributed by atoms with E-state index in [1.807, 2.05) is 4.90 Å². The third-order valence-electron chi connectivity index (χ3n) is 1.42. The van der Waals surface area contributed by atoms with Crippen LogP contribution < -0.4 is 0 Å². The molecule has 46 valence electrons. The molecular formula is C5H10NOP. The summed E-state index contributed by atoms with van der Waals surface area (Å²) in [6.07, 6.45) is 2.36. The van der Waals surface area contributed by atoms with E-state index >= 15 is 0 Å². The average molecular weight is 131 g/mol. The van der Waals surface area contributed by atoms with E-state index in [-0.39, 0.29) is 5.65 Å². The molecule has 0 bridgehead atoms. The predicted molar refractivity (Wildman–Crippen MR) is 35.9 cm³/mol. The first-order valence-electron chi connectivity index (χ1n) is 2.85. The SMILES string of the molecule is O=C(P)N1CCCC1. The summed E-state index contributed by atoms with van der Waals surface area (Å²) >= 11 is 0. The molecule has 0 aromatic heterocycles. The van der Waals surface area contributed by atoms with Gasteiger partial charge in [0, 0.05) is 13.1 Å². The summed E-state index contributed by atoms with van der Waals surface area (Å²) in [6, 6.07) is 0. The smallest absolute Gasteiger partial charge is 0.237 e. The van der Waals surface area contributed by atoms with Crippen LogP contribution in [0.3, 0.4) is 0 Å². The Morgan fingerprint density at radius 1 is 1.38 bits per heavy atom. The Hall–Kier alpha value is -0.100. The van der Waals surface area contributed by atoms with Gasteiger partial charge in [0.25, 0.3) is 0 Å². The number of carbonyl (C=O) groups is 1. The zero-order valence-corrected chi connectivity index (χ0v) is 5.92. The highest BCUT2D eigenvalue weighted by molar-refractivity contribution is 7.39. The fraction of sp³-hybridized carbons (Fsp3) is 0.800. The highest BCUT2D eigenvalue weighted by Gasteiger charge is 2.12. The molecule has 3 heteroatoms. The van der Waals surface area contributed by atoms with Gasteiger partial charge in [0.15, 0.2) is 0 Å². The number of nitrogens with zero attached hydrogens (tertiary/aromatic N) is 1. The Morgan fingerprint density at radius 2 is 1.88 bits per heavy atom. The lowest BCUT2D eigenvalue weighted by Crippen LogP contribution is -2.20. The molecule has 0 spiro atoms. The first-order valence-corrected chi connectivity index (χ1v) is 3.43. The van der Waals surface area contributed by atoms with E-state index < -0.39 is 0 Å². The van der Waals surface area contributed by atoms with E-state index in [1.54, 1.807) is 0 Å². The molecule has 0 saturated carbocycles. The minimum Gasteiger partial charge on any atom is -0.340 e. The predicted octanol–water partition coefficient (Wildman–Crippen LogP) is 1.08. The Kier molecular flexibility index (Phi) is 1.85.